The molecule has 0 saturated heterocycles. The van der Waals surface area contributed by atoms with E-state index >= 15 is 0 Å². The summed E-state index contributed by atoms with van der Waals surface area (Å²) >= 11 is 6.98. The molecule has 1 N–H and O–H groups in total. The van der Waals surface area contributed by atoms with Gasteiger partial charge in [-0.2, -0.15) is 0 Å². The van der Waals surface area contributed by atoms with Gasteiger partial charge in [0.05, 0.1) is 24.5 Å². The van der Waals surface area contributed by atoms with Crippen molar-refractivity contribution >= 4 is 40.9 Å². The molecule has 0 amide bonds. The first kappa shape index (κ1) is 23.5. The summed E-state index contributed by atoms with van der Waals surface area (Å²) in [6.45, 7) is 1.85. The van der Waals surface area contributed by atoms with Crippen LogP contribution in [0.2, 0.25) is 5.02 Å². The van der Waals surface area contributed by atoms with Gasteiger partial charge >= 0.3 is 5.97 Å². The number of esters is 1. The lowest BCUT2D eigenvalue weighted by atomic mass is 10.1. The molecule has 0 heterocycles. The zero-order chi connectivity index (χ0) is 21.9. The Bertz CT molecular complexity index is 910. The van der Waals surface area contributed by atoms with Crippen LogP contribution < -0.4 is 10.1 Å². The topological polar surface area (TPSA) is 81.7 Å². The number of carbonyl (C=O) groups is 3. The van der Waals surface area contributed by atoms with E-state index in [1.165, 1.54) is 6.08 Å². The van der Waals surface area contributed by atoms with Crippen molar-refractivity contribution in [3.63, 3.8) is 0 Å². The van der Waals surface area contributed by atoms with E-state index in [4.69, 9.17) is 21.1 Å². The Morgan fingerprint density at radius 1 is 1.03 bits per heavy atom. The fraction of sp³-hybridized carbons (Fsp3) is 0.227. The second-order valence-corrected chi connectivity index (χ2v) is 7.43. The van der Waals surface area contributed by atoms with Crippen molar-refractivity contribution in [3.05, 3.63) is 75.8 Å². The van der Waals surface area contributed by atoms with E-state index in [1.54, 1.807) is 62.6 Å². The Hall–Kier alpha value is -2.77. The van der Waals surface area contributed by atoms with E-state index < -0.39 is 5.97 Å². The Balaban J connectivity index is 2.10. The molecule has 158 valence electrons. The standard InChI is InChI=1S/C22H22ClNO5S/c1-3-29-22(27)13-24-21(12-19(25)15-6-10-18(28-2)11-7-15)30-14-20(26)16-4-8-17(23)9-5-16/h4-12,24H,3,13-14H2,1-2H3/b21-12+. The van der Waals surface area contributed by atoms with Gasteiger partial charge in [0.2, 0.25) is 0 Å². The second-order valence-electron chi connectivity index (χ2n) is 5.98. The molecule has 0 aliphatic heterocycles. The van der Waals surface area contributed by atoms with E-state index in [0.29, 0.717) is 26.9 Å². The molecule has 0 atom stereocenters. The normalized spacial score (nSPS) is 11.0. The van der Waals surface area contributed by atoms with Gasteiger partial charge in [-0.25, -0.2) is 0 Å². The highest BCUT2D eigenvalue weighted by Gasteiger charge is 2.12. The van der Waals surface area contributed by atoms with Gasteiger partial charge in [0.15, 0.2) is 11.6 Å². The monoisotopic (exact) mass is 447 g/mol. The molecule has 0 radical (unpaired) electrons. The molecule has 0 bridgehead atoms. The molecule has 0 aromatic heterocycles. The molecule has 0 saturated carbocycles. The zero-order valence-corrected chi connectivity index (χ0v) is 18.2. The first-order chi connectivity index (χ1) is 14.4. The lowest BCUT2D eigenvalue weighted by Gasteiger charge is -2.10. The van der Waals surface area contributed by atoms with Crippen LogP contribution in [0.4, 0.5) is 0 Å². The van der Waals surface area contributed by atoms with Crippen LogP contribution in [0.3, 0.4) is 0 Å². The fourth-order valence-electron chi connectivity index (χ4n) is 2.34. The second kappa shape index (κ2) is 12.0. The zero-order valence-electron chi connectivity index (χ0n) is 16.6. The molecule has 2 aromatic carbocycles. The van der Waals surface area contributed by atoms with Crippen molar-refractivity contribution in [2.75, 3.05) is 26.0 Å². The third-order valence-corrected chi connectivity index (χ3v) is 5.11. The van der Waals surface area contributed by atoms with E-state index in [0.717, 1.165) is 11.8 Å². The van der Waals surface area contributed by atoms with Crippen molar-refractivity contribution in [2.45, 2.75) is 6.92 Å². The number of hydrogen-bond donors (Lipinski definition) is 1. The predicted molar refractivity (Wildman–Crippen MR) is 118 cm³/mol. The van der Waals surface area contributed by atoms with Crippen LogP contribution in [0, 0.1) is 0 Å². The smallest absolute Gasteiger partial charge is 0.325 e. The van der Waals surface area contributed by atoms with Crippen LogP contribution in [0.15, 0.2) is 59.6 Å². The maximum absolute atomic E-state index is 12.6. The molecule has 0 aliphatic carbocycles. The summed E-state index contributed by atoms with van der Waals surface area (Å²) < 4.78 is 9.99. The van der Waals surface area contributed by atoms with Crippen LogP contribution in [0.5, 0.6) is 5.75 Å². The summed E-state index contributed by atoms with van der Waals surface area (Å²) in [7, 11) is 1.54. The first-order valence-corrected chi connectivity index (χ1v) is 10.5. The number of hydrogen-bond acceptors (Lipinski definition) is 7. The van der Waals surface area contributed by atoms with Crippen molar-refractivity contribution in [3.8, 4) is 5.75 Å². The molecule has 0 fully saturated rings. The van der Waals surface area contributed by atoms with Crippen LogP contribution in [0.1, 0.15) is 27.6 Å². The third-order valence-electron chi connectivity index (χ3n) is 3.87. The van der Waals surface area contributed by atoms with Gasteiger partial charge in [0.1, 0.15) is 12.3 Å². The Labute approximate surface area is 184 Å². The number of carbonyl (C=O) groups excluding carboxylic acids is 3. The van der Waals surface area contributed by atoms with Crippen molar-refractivity contribution in [2.24, 2.45) is 0 Å². The number of nitrogens with one attached hydrogen (secondary N) is 1. The molecule has 0 spiro atoms. The minimum Gasteiger partial charge on any atom is -0.497 e. The molecule has 2 rings (SSSR count). The highest BCUT2D eigenvalue weighted by molar-refractivity contribution is 8.03. The van der Waals surface area contributed by atoms with Crippen molar-refractivity contribution in [1.29, 1.82) is 0 Å². The molecular weight excluding hydrogens is 426 g/mol. The lowest BCUT2D eigenvalue weighted by molar-refractivity contribution is -0.141. The van der Waals surface area contributed by atoms with Crippen LogP contribution >= 0.6 is 23.4 Å². The summed E-state index contributed by atoms with van der Waals surface area (Å²) in [6.07, 6.45) is 1.36. The lowest BCUT2D eigenvalue weighted by Crippen LogP contribution is -2.24. The van der Waals surface area contributed by atoms with E-state index in [-0.39, 0.29) is 30.5 Å². The maximum atomic E-state index is 12.6. The van der Waals surface area contributed by atoms with Gasteiger partial charge in [-0.3, -0.25) is 14.4 Å². The molecule has 6 nitrogen and oxygen atoms in total. The summed E-state index contributed by atoms with van der Waals surface area (Å²) in [6, 6.07) is 13.2. The third kappa shape index (κ3) is 7.57. The van der Waals surface area contributed by atoms with Crippen LogP contribution in [0.25, 0.3) is 0 Å². The molecule has 2 aromatic rings. The maximum Gasteiger partial charge on any atom is 0.325 e. The highest BCUT2D eigenvalue weighted by atomic mass is 35.5. The number of benzene rings is 2. The number of thioether (sulfide) groups is 1. The summed E-state index contributed by atoms with van der Waals surface area (Å²) in [4.78, 5) is 36.7. The van der Waals surface area contributed by atoms with Crippen LogP contribution in [-0.4, -0.2) is 43.6 Å². The highest BCUT2D eigenvalue weighted by Crippen LogP contribution is 2.19. The van der Waals surface area contributed by atoms with E-state index in [9.17, 15) is 14.4 Å². The van der Waals surface area contributed by atoms with Gasteiger partial charge in [-0.1, -0.05) is 11.6 Å². The van der Waals surface area contributed by atoms with E-state index in [2.05, 4.69) is 5.32 Å². The number of rotatable bonds is 11. The minimum atomic E-state index is -0.454. The van der Waals surface area contributed by atoms with Crippen molar-refractivity contribution in [1.82, 2.24) is 5.32 Å². The Morgan fingerprint density at radius 3 is 2.27 bits per heavy atom. The minimum absolute atomic E-state index is 0.0825. The number of ether oxygens (including phenoxy) is 2. The quantitative estimate of drug-likeness (QED) is 0.315. The average molecular weight is 448 g/mol. The molecule has 0 aliphatic rings. The molecule has 0 unspecified atom stereocenters. The Morgan fingerprint density at radius 2 is 1.67 bits per heavy atom. The predicted octanol–water partition coefficient (Wildman–Crippen LogP) is 4.14. The average Bonchev–Trinajstić information content (AvgIpc) is 2.76. The summed E-state index contributed by atoms with van der Waals surface area (Å²) in [5, 5.41) is 3.81. The molecule has 8 heteroatoms. The van der Waals surface area contributed by atoms with Gasteiger partial charge in [0.25, 0.3) is 0 Å². The van der Waals surface area contributed by atoms with Gasteiger partial charge in [0, 0.05) is 22.2 Å². The summed E-state index contributed by atoms with van der Waals surface area (Å²) in [5.74, 6) is -0.129. The van der Waals surface area contributed by atoms with Crippen molar-refractivity contribution < 1.29 is 23.9 Å². The SMILES string of the molecule is CCOC(=O)CN/C(=C\C(=O)c1ccc(OC)cc1)SCC(=O)c1ccc(Cl)cc1. The molecule has 30 heavy (non-hydrogen) atoms. The largest absolute Gasteiger partial charge is 0.497 e. The number of ketones is 2. The van der Waals surface area contributed by atoms with Crippen LogP contribution in [-0.2, 0) is 9.53 Å². The van der Waals surface area contributed by atoms with Gasteiger partial charge in [-0.15, -0.1) is 11.8 Å². The number of allylic oxidation sites excluding steroid dienone is 1. The number of halogens is 1. The molecular formula is C22H22ClNO5S. The van der Waals surface area contributed by atoms with Gasteiger partial charge in [-0.05, 0) is 55.5 Å². The Kier molecular flexibility index (Phi) is 9.44. The number of methoxy groups -OCH3 is 1. The summed E-state index contributed by atoms with van der Waals surface area (Å²) in [5.41, 5.74) is 0.967. The van der Waals surface area contributed by atoms with E-state index in [1.807, 2.05) is 0 Å². The number of Topliss-reactive ketones (excluding diaryl/α,β-unsaturated/α-hetero) is 1. The first-order valence-electron chi connectivity index (χ1n) is 9.14. The van der Waals surface area contributed by atoms with Gasteiger partial charge < -0.3 is 14.8 Å². The fourth-order valence-corrected chi connectivity index (χ4v) is 3.28.